The maximum atomic E-state index is 12.6. The van der Waals surface area contributed by atoms with Crippen LogP contribution in [0.25, 0.3) is 0 Å². The molecule has 0 atom stereocenters. The number of para-hydroxylation sites is 1. The van der Waals surface area contributed by atoms with Crippen LogP contribution in [0.15, 0.2) is 48.5 Å². The van der Waals surface area contributed by atoms with Gasteiger partial charge in [-0.2, -0.15) is 0 Å². The Hall–Kier alpha value is -2.34. The highest BCUT2D eigenvalue weighted by molar-refractivity contribution is 7.92. The van der Waals surface area contributed by atoms with E-state index in [2.05, 4.69) is 26.1 Å². The van der Waals surface area contributed by atoms with E-state index in [1.807, 2.05) is 43.3 Å². The normalized spacial score (nSPS) is 11.9. The first-order valence-electron chi connectivity index (χ1n) is 8.98. The highest BCUT2D eigenvalue weighted by Gasteiger charge is 2.23. The number of rotatable bonds is 6. The monoisotopic (exact) mass is 388 g/mol. The Morgan fingerprint density at radius 2 is 1.63 bits per heavy atom. The van der Waals surface area contributed by atoms with Crippen LogP contribution in [0.4, 0.5) is 11.4 Å². The molecule has 0 aliphatic rings. The highest BCUT2D eigenvalue weighted by atomic mass is 32.2. The van der Waals surface area contributed by atoms with E-state index in [0.717, 1.165) is 28.1 Å². The molecule has 0 bridgehead atoms. The molecule has 1 N–H and O–H groups in total. The largest absolute Gasteiger partial charge is 0.324 e. The van der Waals surface area contributed by atoms with Crippen LogP contribution >= 0.6 is 0 Å². The van der Waals surface area contributed by atoms with E-state index in [9.17, 15) is 13.2 Å². The summed E-state index contributed by atoms with van der Waals surface area (Å²) in [5.41, 5.74) is 3.14. The first-order chi connectivity index (χ1) is 12.5. The fourth-order valence-corrected chi connectivity index (χ4v) is 3.72. The zero-order valence-electron chi connectivity index (χ0n) is 16.6. The van der Waals surface area contributed by atoms with Gasteiger partial charge in [0, 0.05) is 5.69 Å². The number of nitrogens with one attached hydrogen (secondary N) is 1. The summed E-state index contributed by atoms with van der Waals surface area (Å²) in [4.78, 5) is 12.6. The molecule has 1 amide bonds. The summed E-state index contributed by atoms with van der Waals surface area (Å²) in [5.74, 6) is -0.378. The van der Waals surface area contributed by atoms with Crippen molar-refractivity contribution in [2.24, 2.45) is 0 Å². The molecular formula is C21H28N2O3S. The van der Waals surface area contributed by atoms with Crippen molar-refractivity contribution in [3.8, 4) is 0 Å². The summed E-state index contributed by atoms with van der Waals surface area (Å²) in [6.07, 6.45) is 1.97. The Labute approximate surface area is 162 Å². The minimum absolute atomic E-state index is 0.142. The van der Waals surface area contributed by atoms with Crippen molar-refractivity contribution >= 4 is 27.3 Å². The number of nitrogens with zero attached hydrogens (tertiary/aromatic N) is 1. The second kappa shape index (κ2) is 8.13. The lowest BCUT2D eigenvalue weighted by Gasteiger charge is -2.25. The van der Waals surface area contributed by atoms with Gasteiger partial charge in [0.25, 0.3) is 0 Å². The van der Waals surface area contributed by atoms with E-state index in [-0.39, 0.29) is 17.9 Å². The van der Waals surface area contributed by atoms with E-state index in [1.165, 1.54) is 0 Å². The van der Waals surface area contributed by atoms with Crippen molar-refractivity contribution < 1.29 is 13.2 Å². The summed E-state index contributed by atoms with van der Waals surface area (Å²) in [6, 6.07) is 14.8. The first kappa shape index (κ1) is 21.0. The third-order valence-electron chi connectivity index (χ3n) is 4.33. The molecule has 0 spiro atoms. The summed E-state index contributed by atoms with van der Waals surface area (Å²) < 4.78 is 25.6. The molecule has 2 aromatic carbocycles. The number of amides is 1. The molecule has 0 aliphatic heterocycles. The molecule has 0 unspecified atom stereocenters. The van der Waals surface area contributed by atoms with Gasteiger partial charge in [0.05, 0.1) is 11.9 Å². The third kappa shape index (κ3) is 5.57. The fourth-order valence-electron chi connectivity index (χ4n) is 2.86. The number of aryl methyl sites for hydroxylation is 1. The molecule has 27 heavy (non-hydrogen) atoms. The lowest BCUT2D eigenvalue weighted by atomic mass is 9.86. The predicted octanol–water partition coefficient (Wildman–Crippen LogP) is 3.95. The Bertz CT molecular complexity index is 898. The molecule has 0 heterocycles. The Balaban J connectivity index is 2.25. The van der Waals surface area contributed by atoms with Gasteiger partial charge in [0.15, 0.2) is 0 Å². The number of carbonyl (C=O) groups is 1. The van der Waals surface area contributed by atoms with Gasteiger partial charge in [0.1, 0.15) is 6.54 Å². The van der Waals surface area contributed by atoms with Crippen LogP contribution in [0.3, 0.4) is 0 Å². The van der Waals surface area contributed by atoms with E-state index in [1.54, 1.807) is 12.1 Å². The van der Waals surface area contributed by atoms with E-state index in [4.69, 9.17) is 0 Å². The Morgan fingerprint density at radius 1 is 1.04 bits per heavy atom. The molecule has 0 aromatic heterocycles. The second-order valence-corrected chi connectivity index (χ2v) is 9.54. The van der Waals surface area contributed by atoms with Gasteiger partial charge in [-0.25, -0.2) is 8.42 Å². The maximum Gasteiger partial charge on any atom is 0.245 e. The molecule has 0 saturated heterocycles. The molecule has 2 rings (SSSR count). The van der Waals surface area contributed by atoms with Gasteiger partial charge >= 0.3 is 0 Å². The van der Waals surface area contributed by atoms with Crippen molar-refractivity contribution in [1.82, 2.24) is 0 Å². The third-order valence-corrected chi connectivity index (χ3v) is 5.47. The van der Waals surface area contributed by atoms with E-state index in [0.29, 0.717) is 11.4 Å². The molecule has 5 nitrogen and oxygen atoms in total. The fraction of sp³-hybridized carbons (Fsp3) is 0.381. The number of hydrogen-bond donors (Lipinski definition) is 1. The smallest absolute Gasteiger partial charge is 0.245 e. The van der Waals surface area contributed by atoms with Crippen LogP contribution in [0.5, 0.6) is 0 Å². The van der Waals surface area contributed by atoms with Crippen molar-refractivity contribution in [2.75, 3.05) is 22.4 Å². The average Bonchev–Trinajstić information content (AvgIpc) is 2.58. The van der Waals surface area contributed by atoms with Gasteiger partial charge in [-0.1, -0.05) is 58.0 Å². The van der Waals surface area contributed by atoms with Crippen LogP contribution < -0.4 is 9.62 Å². The van der Waals surface area contributed by atoms with Gasteiger partial charge in [-0.3, -0.25) is 9.10 Å². The van der Waals surface area contributed by atoms with Crippen LogP contribution in [0, 0.1) is 0 Å². The number of benzene rings is 2. The zero-order chi connectivity index (χ0) is 20.2. The lowest BCUT2D eigenvalue weighted by Crippen LogP contribution is -2.37. The van der Waals surface area contributed by atoms with E-state index >= 15 is 0 Å². The molecular weight excluding hydrogens is 360 g/mol. The van der Waals surface area contributed by atoms with Crippen LogP contribution in [0.1, 0.15) is 38.8 Å². The number of carbonyl (C=O) groups excluding carboxylic acids is 1. The van der Waals surface area contributed by atoms with E-state index < -0.39 is 10.0 Å². The molecule has 0 aliphatic carbocycles. The molecule has 2 aromatic rings. The Kier molecular flexibility index (Phi) is 6.31. The minimum atomic E-state index is -3.59. The summed E-state index contributed by atoms with van der Waals surface area (Å²) in [5, 5.41) is 2.87. The lowest BCUT2D eigenvalue weighted by molar-refractivity contribution is -0.114. The van der Waals surface area contributed by atoms with Gasteiger partial charge in [-0.15, -0.1) is 0 Å². The quantitative estimate of drug-likeness (QED) is 0.815. The van der Waals surface area contributed by atoms with Crippen LogP contribution in [-0.2, 0) is 26.7 Å². The molecule has 6 heteroatoms. The van der Waals surface area contributed by atoms with Crippen LogP contribution in [-0.4, -0.2) is 27.1 Å². The number of sulfonamides is 1. The van der Waals surface area contributed by atoms with Gasteiger partial charge in [0.2, 0.25) is 15.9 Å². The molecule has 0 radical (unpaired) electrons. The summed E-state index contributed by atoms with van der Waals surface area (Å²) >= 11 is 0. The number of anilines is 2. The maximum absolute atomic E-state index is 12.6. The van der Waals surface area contributed by atoms with Crippen molar-refractivity contribution in [3.05, 3.63) is 59.7 Å². The van der Waals surface area contributed by atoms with Gasteiger partial charge in [-0.05, 0) is 41.2 Å². The number of hydrogen-bond acceptors (Lipinski definition) is 3. The zero-order valence-corrected chi connectivity index (χ0v) is 17.4. The standard InChI is InChI=1S/C21H28N2O3S/c1-6-16-11-13-17(14-12-16)23(27(5,25)26)15-20(24)22-19-10-8-7-9-18(19)21(2,3)4/h7-14H,6,15H2,1-5H3,(H,22,24). The van der Waals surface area contributed by atoms with Crippen molar-refractivity contribution in [3.63, 3.8) is 0 Å². The van der Waals surface area contributed by atoms with Crippen LogP contribution in [0.2, 0.25) is 0 Å². The van der Waals surface area contributed by atoms with Gasteiger partial charge < -0.3 is 5.32 Å². The first-order valence-corrected chi connectivity index (χ1v) is 10.8. The Morgan fingerprint density at radius 3 is 2.15 bits per heavy atom. The average molecular weight is 389 g/mol. The highest BCUT2D eigenvalue weighted by Crippen LogP contribution is 2.29. The summed E-state index contributed by atoms with van der Waals surface area (Å²) in [6.45, 7) is 7.95. The SMILES string of the molecule is CCc1ccc(N(CC(=O)Nc2ccccc2C(C)(C)C)S(C)(=O)=O)cc1. The second-order valence-electron chi connectivity index (χ2n) is 7.63. The predicted molar refractivity (Wildman–Crippen MR) is 112 cm³/mol. The summed E-state index contributed by atoms with van der Waals surface area (Å²) in [7, 11) is -3.59. The van der Waals surface area contributed by atoms with Crippen molar-refractivity contribution in [2.45, 2.75) is 39.5 Å². The topological polar surface area (TPSA) is 66.5 Å². The molecule has 0 fully saturated rings. The van der Waals surface area contributed by atoms with Crippen molar-refractivity contribution in [1.29, 1.82) is 0 Å². The molecule has 146 valence electrons. The minimum Gasteiger partial charge on any atom is -0.324 e. The molecule has 0 saturated carbocycles.